The molecule has 32 heavy (non-hydrogen) atoms. The minimum Gasteiger partial charge on any atom is -0.349 e. The number of nitrogens with zero attached hydrogens (tertiary/aromatic N) is 2. The predicted octanol–water partition coefficient (Wildman–Crippen LogP) is 1.95. The maximum absolute atomic E-state index is 13.3. The summed E-state index contributed by atoms with van der Waals surface area (Å²) in [6.45, 7) is 0.126. The van der Waals surface area contributed by atoms with E-state index < -0.39 is 33.5 Å². The van der Waals surface area contributed by atoms with Crippen LogP contribution >= 0.6 is 11.6 Å². The molecular weight excluding hydrogens is 459 g/mol. The van der Waals surface area contributed by atoms with E-state index in [0.29, 0.717) is 16.5 Å². The lowest BCUT2D eigenvalue weighted by Gasteiger charge is -2.30. The van der Waals surface area contributed by atoms with Gasteiger partial charge in [0, 0.05) is 24.9 Å². The highest BCUT2D eigenvalue weighted by Gasteiger charge is 2.31. The zero-order chi connectivity index (χ0) is 22.9. The van der Waals surface area contributed by atoms with Crippen molar-refractivity contribution < 1.29 is 22.4 Å². The second-order valence-corrected chi connectivity index (χ2v) is 10.3. The van der Waals surface area contributed by atoms with Gasteiger partial charge in [-0.25, -0.2) is 17.8 Å². The number of rotatable bonds is 5. The number of sulfone groups is 1. The van der Waals surface area contributed by atoms with Gasteiger partial charge in [-0.1, -0.05) is 23.7 Å². The van der Waals surface area contributed by atoms with Crippen molar-refractivity contribution in [3.05, 3.63) is 64.8 Å². The Kier molecular flexibility index (Phi) is 6.16. The molecule has 1 aliphatic rings. The van der Waals surface area contributed by atoms with Crippen LogP contribution in [0.25, 0.3) is 10.9 Å². The van der Waals surface area contributed by atoms with Gasteiger partial charge in [0.15, 0.2) is 9.84 Å². The molecule has 11 heteroatoms. The van der Waals surface area contributed by atoms with E-state index in [2.05, 4.69) is 15.3 Å². The molecule has 3 heterocycles. The molecule has 3 aromatic rings. The van der Waals surface area contributed by atoms with E-state index in [1.807, 2.05) is 0 Å². The Morgan fingerprint density at radius 1 is 1.19 bits per heavy atom. The lowest BCUT2D eigenvalue weighted by Crippen LogP contribution is -2.53. The summed E-state index contributed by atoms with van der Waals surface area (Å²) in [5, 5.41) is 3.71. The van der Waals surface area contributed by atoms with Crippen molar-refractivity contribution in [1.29, 1.82) is 0 Å². The number of benzene rings is 1. The Hall–Kier alpha value is -2.98. The number of carbonyl (C=O) groups excluding carboxylic acids is 2. The summed E-state index contributed by atoms with van der Waals surface area (Å²) in [7, 11) is -3.17. The molecule has 2 N–H and O–H groups in total. The summed E-state index contributed by atoms with van der Waals surface area (Å²) < 4.78 is 36.7. The molecule has 8 nitrogen and oxygen atoms in total. The first-order chi connectivity index (χ1) is 15.2. The fourth-order valence-electron chi connectivity index (χ4n) is 3.57. The highest BCUT2D eigenvalue weighted by molar-refractivity contribution is 7.91. The molecular formula is C21H20ClFN4O4S. The van der Waals surface area contributed by atoms with Gasteiger partial charge in [-0.3, -0.25) is 9.59 Å². The number of nitrogens with one attached hydrogen (secondary N) is 2. The number of amides is 2. The van der Waals surface area contributed by atoms with E-state index >= 15 is 0 Å². The van der Waals surface area contributed by atoms with Gasteiger partial charge in [0.2, 0.25) is 5.91 Å². The van der Waals surface area contributed by atoms with Gasteiger partial charge >= 0.3 is 0 Å². The van der Waals surface area contributed by atoms with Crippen LogP contribution < -0.4 is 5.32 Å². The first kappa shape index (κ1) is 22.2. The molecule has 0 aliphatic carbocycles. The number of halogens is 2. The van der Waals surface area contributed by atoms with E-state index in [4.69, 9.17) is 11.6 Å². The molecule has 0 spiro atoms. The lowest BCUT2D eigenvalue weighted by molar-refractivity contribution is -0.132. The van der Waals surface area contributed by atoms with E-state index in [0.717, 1.165) is 0 Å². The first-order valence-electron chi connectivity index (χ1n) is 9.89. The molecule has 4 rings (SSSR count). The van der Waals surface area contributed by atoms with Gasteiger partial charge < -0.3 is 15.2 Å². The van der Waals surface area contributed by atoms with Crippen LogP contribution in [0.3, 0.4) is 0 Å². The number of aromatic nitrogens is 2. The summed E-state index contributed by atoms with van der Waals surface area (Å²) in [5.74, 6) is -1.55. The zero-order valence-electron chi connectivity index (χ0n) is 16.8. The molecule has 168 valence electrons. The summed E-state index contributed by atoms with van der Waals surface area (Å²) >= 11 is 5.90. The van der Waals surface area contributed by atoms with Crippen molar-refractivity contribution in [3.63, 3.8) is 0 Å². The zero-order valence-corrected chi connectivity index (χ0v) is 18.4. The first-order valence-corrected chi connectivity index (χ1v) is 12.1. The van der Waals surface area contributed by atoms with E-state index in [9.17, 15) is 22.4 Å². The average molecular weight is 479 g/mol. The van der Waals surface area contributed by atoms with Crippen LogP contribution in [0.2, 0.25) is 5.15 Å². The molecule has 0 unspecified atom stereocenters. The highest BCUT2D eigenvalue weighted by atomic mass is 35.5. The SMILES string of the molecule is O=C(N[C@@H](Cc1ccc(F)cc1)C(=O)N1CCS(=O)(=O)CC1)c1cc2cc(Cl)ncc2[nH]1. The Morgan fingerprint density at radius 3 is 2.56 bits per heavy atom. The average Bonchev–Trinajstić information content (AvgIpc) is 3.17. The second-order valence-electron chi connectivity index (χ2n) is 7.61. The van der Waals surface area contributed by atoms with Crippen molar-refractivity contribution >= 4 is 44.2 Å². The van der Waals surface area contributed by atoms with E-state index in [1.54, 1.807) is 24.3 Å². The molecule has 2 aromatic heterocycles. The molecule has 0 bridgehead atoms. The molecule has 1 atom stereocenters. The van der Waals surface area contributed by atoms with E-state index in [-0.39, 0.29) is 41.9 Å². The van der Waals surface area contributed by atoms with Crippen LogP contribution in [0.4, 0.5) is 4.39 Å². The van der Waals surface area contributed by atoms with Crippen LogP contribution in [0.15, 0.2) is 42.6 Å². The van der Waals surface area contributed by atoms with Gasteiger partial charge in [-0.05, 0) is 29.8 Å². The second kappa shape index (κ2) is 8.87. The number of hydrogen-bond donors (Lipinski definition) is 2. The third-order valence-electron chi connectivity index (χ3n) is 5.33. The lowest BCUT2D eigenvalue weighted by atomic mass is 10.0. The van der Waals surface area contributed by atoms with Crippen molar-refractivity contribution in [1.82, 2.24) is 20.2 Å². The summed E-state index contributed by atoms with van der Waals surface area (Å²) in [6.07, 6.45) is 1.63. The smallest absolute Gasteiger partial charge is 0.268 e. The Labute approximate surface area is 188 Å². The maximum atomic E-state index is 13.3. The Bertz CT molecular complexity index is 1260. The summed E-state index contributed by atoms with van der Waals surface area (Å²) in [5.41, 5.74) is 1.49. The van der Waals surface area contributed by atoms with Crippen LogP contribution in [-0.2, 0) is 21.1 Å². The van der Waals surface area contributed by atoms with E-state index in [1.165, 1.54) is 23.2 Å². The third-order valence-corrected chi connectivity index (χ3v) is 7.14. The van der Waals surface area contributed by atoms with Crippen LogP contribution in [0.5, 0.6) is 0 Å². The number of aromatic amines is 1. The fraction of sp³-hybridized carbons (Fsp3) is 0.286. The monoisotopic (exact) mass is 478 g/mol. The third kappa shape index (κ3) is 5.08. The molecule has 1 saturated heterocycles. The van der Waals surface area contributed by atoms with Gasteiger partial charge in [-0.2, -0.15) is 0 Å². The molecule has 0 saturated carbocycles. The normalized spacial score (nSPS) is 16.6. The van der Waals surface area contributed by atoms with Crippen LogP contribution in [0, 0.1) is 5.82 Å². The van der Waals surface area contributed by atoms with Crippen molar-refractivity contribution in [2.45, 2.75) is 12.5 Å². The van der Waals surface area contributed by atoms with Crippen LogP contribution in [0.1, 0.15) is 16.1 Å². The summed E-state index contributed by atoms with van der Waals surface area (Å²) in [6, 6.07) is 7.89. The minimum atomic E-state index is -3.17. The van der Waals surface area contributed by atoms with Gasteiger partial charge in [0.05, 0.1) is 23.2 Å². The number of hydrogen-bond acceptors (Lipinski definition) is 5. The van der Waals surface area contributed by atoms with Crippen LogP contribution in [-0.4, -0.2) is 65.7 Å². The molecule has 1 aromatic carbocycles. The standard InChI is InChI=1S/C21H20ClFN4O4S/c22-19-11-14-10-16(25-18(14)12-24-19)20(28)26-17(9-13-1-3-15(23)4-2-13)21(29)27-5-7-32(30,31)8-6-27/h1-4,10-12,17,25H,5-9H2,(H,26,28)/t17-/m0/s1. The Morgan fingerprint density at radius 2 is 1.88 bits per heavy atom. The van der Waals surface area contributed by atoms with Gasteiger partial charge in [0.25, 0.3) is 5.91 Å². The number of carbonyl (C=O) groups is 2. The molecule has 0 radical (unpaired) electrons. The maximum Gasteiger partial charge on any atom is 0.268 e. The topological polar surface area (TPSA) is 112 Å². The minimum absolute atomic E-state index is 0.0630. The number of H-pyrrole nitrogens is 1. The van der Waals surface area contributed by atoms with Gasteiger partial charge in [0.1, 0.15) is 22.7 Å². The highest BCUT2D eigenvalue weighted by Crippen LogP contribution is 2.18. The number of pyridine rings is 1. The summed E-state index contributed by atoms with van der Waals surface area (Å²) in [4.78, 5) is 34.4. The molecule has 2 amide bonds. The molecule has 1 fully saturated rings. The largest absolute Gasteiger partial charge is 0.349 e. The van der Waals surface area contributed by atoms with Crippen molar-refractivity contribution in [2.75, 3.05) is 24.6 Å². The fourth-order valence-corrected chi connectivity index (χ4v) is 4.94. The van der Waals surface area contributed by atoms with Crippen molar-refractivity contribution in [2.24, 2.45) is 0 Å². The number of fused-ring (bicyclic) bond motifs is 1. The van der Waals surface area contributed by atoms with Crippen molar-refractivity contribution in [3.8, 4) is 0 Å². The van der Waals surface area contributed by atoms with Gasteiger partial charge in [-0.15, -0.1) is 0 Å². The molecule has 1 aliphatic heterocycles. The predicted molar refractivity (Wildman–Crippen MR) is 118 cm³/mol. The Balaban J connectivity index is 1.56. The quantitative estimate of drug-likeness (QED) is 0.544.